The highest BCUT2D eigenvalue weighted by atomic mass is 19.1. The molecule has 4 atom stereocenters. The quantitative estimate of drug-likeness (QED) is 0.498. The molecule has 2 unspecified atom stereocenters. The number of anilines is 1. The van der Waals surface area contributed by atoms with Crippen LogP contribution in [-0.4, -0.2) is 59.8 Å². The fourth-order valence-electron chi connectivity index (χ4n) is 3.07. The van der Waals surface area contributed by atoms with Crippen LogP contribution in [0.3, 0.4) is 0 Å². The van der Waals surface area contributed by atoms with Gasteiger partial charge in [0, 0.05) is 6.54 Å². The monoisotopic (exact) mass is 375 g/mol. The number of ether oxygens (including phenoxy) is 1. The zero-order chi connectivity index (χ0) is 19.0. The molecule has 0 amide bonds. The Balaban J connectivity index is 1.59. The number of benzene rings is 1. The van der Waals surface area contributed by atoms with Gasteiger partial charge in [-0.25, -0.2) is 19.3 Å². The van der Waals surface area contributed by atoms with Gasteiger partial charge in [-0.1, -0.05) is 12.1 Å². The number of aliphatic hydroxyl groups is 3. The minimum absolute atomic E-state index is 0.305. The second-order valence-corrected chi connectivity index (χ2v) is 6.26. The Morgan fingerprint density at radius 3 is 2.59 bits per heavy atom. The average molecular weight is 375 g/mol. The predicted molar refractivity (Wildman–Crippen MR) is 92.1 cm³/mol. The number of hydrogen-bond donors (Lipinski definition) is 4. The van der Waals surface area contributed by atoms with E-state index in [9.17, 15) is 19.7 Å². The van der Waals surface area contributed by atoms with Crippen molar-refractivity contribution in [3.05, 3.63) is 48.3 Å². The molecule has 0 spiro atoms. The lowest BCUT2D eigenvalue weighted by atomic mass is 10.1. The molecule has 0 bridgehead atoms. The zero-order valence-electron chi connectivity index (χ0n) is 14.1. The van der Waals surface area contributed by atoms with E-state index in [0.717, 1.165) is 5.56 Å². The molecule has 1 saturated heterocycles. The molecule has 1 aliphatic rings. The van der Waals surface area contributed by atoms with Crippen LogP contribution in [0.4, 0.5) is 10.2 Å². The van der Waals surface area contributed by atoms with Crippen LogP contribution < -0.4 is 5.32 Å². The molecule has 4 N–H and O–H groups in total. The Labute approximate surface area is 153 Å². The molecule has 9 nitrogen and oxygen atoms in total. The number of rotatable bonds is 5. The molecule has 0 aliphatic carbocycles. The van der Waals surface area contributed by atoms with E-state index in [4.69, 9.17) is 4.74 Å². The van der Waals surface area contributed by atoms with E-state index in [-0.39, 0.29) is 5.82 Å². The minimum atomic E-state index is -1.23. The topological polar surface area (TPSA) is 126 Å². The summed E-state index contributed by atoms with van der Waals surface area (Å²) in [6.07, 6.45) is -1.49. The maximum absolute atomic E-state index is 13.0. The van der Waals surface area contributed by atoms with Crippen molar-refractivity contribution in [3.63, 3.8) is 0 Å². The van der Waals surface area contributed by atoms with Crippen LogP contribution in [0.2, 0.25) is 0 Å². The molecule has 10 heteroatoms. The highest BCUT2D eigenvalue weighted by Crippen LogP contribution is 2.32. The van der Waals surface area contributed by atoms with Crippen LogP contribution in [-0.2, 0) is 11.3 Å². The van der Waals surface area contributed by atoms with Gasteiger partial charge in [-0.3, -0.25) is 4.57 Å². The first-order valence-corrected chi connectivity index (χ1v) is 8.37. The van der Waals surface area contributed by atoms with E-state index < -0.39 is 31.1 Å². The summed E-state index contributed by atoms with van der Waals surface area (Å²) in [6, 6.07) is 6.09. The first-order valence-electron chi connectivity index (χ1n) is 8.37. The molecule has 1 aromatic carbocycles. The maximum Gasteiger partial charge on any atom is 0.167 e. The first-order chi connectivity index (χ1) is 13.1. The Bertz CT molecular complexity index is 935. The summed E-state index contributed by atoms with van der Waals surface area (Å²) < 4.78 is 20.0. The number of nitrogens with zero attached hydrogens (tertiary/aromatic N) is 4. The second kappa shape index (κ2) is 7.16. The molecular formula is C17H18FN5O4. The van der Waals surface area contributed by atoms with E-state index in [1.54, 1.807) is 12.1 Å². The lowest BCUT2D eigenvalue weighted by Gasteiger charge is -2.16. The number of aromatic nitrogens is 4. The van der Waals surface area contributed by atoms with E-state index in [1.165, 1.54) is 29.4 Å². The van der Waals surface area contributed by atoms with Crippen LogP contribution in [0.25, 0.3) is 11.2 Å². The molecule has 0 radical (unpaired) electrons. The molecule has 0 saturated carbocycles. The standard InChI is InChI=1S/C17H18FN5O4/c18-10-3-1-9(2-4-10)5-19-15-12-16(21-7-20-15)23(8-22-12)17-14(26)13(25)11(6-24)27-17/h1-4,7-8,11,13-14,17,24-26H,5-6H2,(H,19,20,21)/t11?,13-,14-,17?/m0/s1. The van der Waals surface area contributed by atoms with E-state index in [2.05, 4.69) is 20.3 Å². The van der Waals surface area contributed by atoms with Gasteiger partial charge in [0.1, 0.15) is 30.5 Å². The number of nitrogens with one attached hydrogen (secondary N) is 1. The van der Waals surface area contributed by atoms with Crippen molar-refractivity contribution in [3.8, 4) is 0 Å². The Hall–Kier alpha value is -2.66. The predicted octanol–water partition coefficient (Wildman–Crippen LogP) is 0.189. The summed E-state index contributed by atoms with van der Waals surface area (Å²) in [5.41, 5.74) is 1.73. The molecule has 27 heavy (non-hydrogen) atoms. The van der Waals surface area contributed by atoms with Gasteiger partial charge in [-0.15, -0.1) is 0 Å². The normalized spacial score (nSPS) is 25.2. The highest BCUT2D eigenvalue weighted by molar-refractivity contribution is 5.82. The van der Waals surface area contributed by atoms with Gasteiger partial charge >= 0.3 is 0 Å². The van der Waals surface area contributed by atoms with Crippen molar-refractivity contribution in [1.29, 1.82) is 0 Å². The lowest BCUT2D eigenvalue weighted by molar-refractivity contribution is -0.0511. The van der Waals surface area contributed by atoms with Crippen molar-refractivity contribution in [1.82, 2.24) is 19.5 Å². The lowest BCUT2D eigenvalue weighted by Crippen LogP contribution is -2.33. The molecule has 3 aromatic rings. The largest absolute Gasteiger partial charge is 0.394 e. The van der Waals surface area contributed by atoms with Gasteiger partial charge in [0.15, 0.2) is 23.2 Å². The van der Waals surface area contributed by atoms with Gasteiger partial charge in [0.2, 0.25) is 0 Å². The van der Waals surface area contributed by atoms with Crippen LogP contribution in [0, 0.1) is 5.82 Å². The number of imidazole rings is 1. The molecule has 3 heterocycles. The van der Waals surface area contributed by atoms with E-state index in [0.29, 0.717) is 23.5 Å². The van der Waals surface area contributed by atoms with Crippen LogP contribution in [0.5, 0.6) is 0 Å². The summed E-state index contributed by atoms with van der Waals surface area (Å²) in [4.78, 5) is 12.6. The third-order valence-corrected chi connectivity index (χ3v) is 4.52. The first kappa shape index (κ1) is 17.7. The third-order valence-electron chi connectivity index (χ3n) is 4.52. The van der Waals surface area contributed by atoms with Crippen molar-refractivity contribution < 1.29 is 24.4 Å². The molecule has 4 rings (SSSR count). The zero-order valence-corrected chi connectivity index (χ0v) is 14.1. The SMILES string of the molecule is OCC1OC(n2cnc3c(NCc4ccc(F)cc4)ncnc32)[C@@H](O)[C@H]1O. The Morgan fingerprint density at radius 1 is 1.11 bits per heavy atom. The summed E-state index contributed by atoms with van der Waals surface area (Å²) in [5.74, 6) is 0.162. The van der Waals surface area contributed by atoms with E-state index >= 15 is 0 Å². The van der Waals surface area contributed by atoms with Gasteiger partial charge in [-0.05, 0) is 17.7 Å². The van der Waals surface area contributed by atoms with Crippen molar-refractivity contribution in [2.75, 3.05) is 11.9 Å². The third kappa shape index (κ3) is 3.23. The van der Waals surface area contributed by atoms with Crippen molar-refractivity contribution >= 4 is 17.0 Å². The van der Waals surface area contributed by atoms with Gasteiger partial charge in [0.25, 0.3) is 0 Å². The summed E-state index contributed by atoms with van der Waals surface area (Å²) in [7, 11) is 0. The summed E-state index contributed by atoms with van der Waals surface area (Å²) in [5, 5.41) is 32.5. The fourth-order valence-corrected chi connectivity index (χ4v) is 3.07. The molecular weight excluding hydrogens is 357 g/mol. The van der Waals surface area contributed by atoms with Crippen molar-refractivity contribution in [2.45, 2.75) is 31.1 Å². The smallest absolute Gasteiger partial charge is 0.167 e. The summed E-state index contributed by atoms with van der Waals surface area (Å²) in [6.45, 7) is -0.00603. The van der Waals surface area contributed by atoms with Crippen molar-refractivity contribution in [2.24, 2.45) is 0 Å². The van der Waals surface area contributed by atoms with Crippen LogP contribution >= 0.6 is 0 Å². The molecule has 2 aromatic heterocycles. The molecule has 1 fully saturated rings. The van der Waals surface area contributed by atoms with Gasteiger partial charge in [-0.2, -0.15) is 0 Å². The number of halogens is 1. The second-order valence-electron chi connectivity index (χ2n) is 6.26. The Kier molecular flexibility index (Phi) is 4.70. The number of fused-ring (bicyclic) bond motifs is 1. The number of aliphatic hydroxyl groups excluding tert-OH is 3. The number of hydrogen-bond acceptors (Lipinski definition) is 8. The average Bonchev–Trinajstić information content (AvgIpc) is 3.23. The van der Waals surface area contributed by atoms with Gasteiger partial charge in [0.05, 0.1) is 12.9 Å². The molecule has 142 valence electrons. The Morgan fingerprint density at radius 2 is 1.89 bits per heavy atom. The van der Waals surface area contributed by atoms with E-state index in [1.807, 2.05) is 0 Å². The maximum atomic E-state index is 13.0. The fraction of sp³-hybridized carbons (Fsp3) is 0.353. The molecule has 1 aliphatic heterocycles. The minimum Gasteiger partial charge on any atom is -0.394 e. The summed E-state index contributed by atoms with van der Waals surface area (Å²) >= 11 is 0. The highest BCUT2D eigenvalue weighted by Gasteiger charge is 2.44. The van der Waals surface area contributed by atoms with Gasteiger partial charge < -0.3 is 25.4 Å². The van der Waals surface area contributed by atoms with Crippen LogP contribution in [0.1, 0.15) is 11.8 Å². The van der Waals surface area contributed by atoms with Crippen LogP contribution in [0.15, 0.2) is 36.9 Å².